The number of carbonyl (C=O) groups is 1. The van der Waals surface area contributed by atoms with Gasteiger partial charge in [-0.15, -0.1) is 0 Å². The standard InChI is InChI=1S/C10H15N3O2/c11-5-7-1-3-8(4-2-7)13-10(15)9(12)6-14/h1-4,9,14H,5-6,11-12H2,(H,13,15). The minimum Gasteiger partial charge on any atom is -0.394 e. The lowest BCUT2D eigenvalue weighted by atomic mass is 10.2. The molecule has 0 aliphatic rings. The lowest BCUT2D eigenvalue weighted by Gasteiger charge is -2.09. The average molecular weight is 209 g/mol. The summed E-state index contributed by atoms with van der Waals surface area (Å²) in [6.45, 7) is 0.0943. The lowest BCUT2D eigenvalue weighted by molar-refractivity contribution is -0.118. The van der Waals surface area contributed by atoms with E-state index in [4.69, 9.17) is 16.6 Å². The van der Waals surface area contributed by atoms with Gasteiger partial charge in [0.05, 0.1) is 6.61 Å². The van der Waals surface area contributed by atoms with E-state index in [-0.39, 0.29) is 6.61 Å². The maximum absolute atomic E-state index is 11.3. The van der Waals surface area contributed by atoms with Gasteiger partial charge in [-0.25, -0.2) is 0 Å². The summed E-state index contributed by atoms with van der Waals surface area (Å²) in [4.78, 5) is 11.3. The number of aliphatic hydroxyl groups is 1. The van der Waals surface area contributed by atoms with E-state index in [0.717, 1.165) is 5.56 Å². The van der Waals surface area contributed by atoms with Crippen LogP contribution in [0.4, 0.5) is 5.69 Å². The fourth-order valence-electron chi connectivity index (χ4n) is 1.04. The molecule has 1 unspecified atom stereocenters. The normalized spacial score (nSPS) is 12.2. The molecule has 1 aromatic carbocycles. The molecule has 1 amide bonds. The Balaban J connectivity index is 2.61. The Labute approximate surface area is 88.1 Å². The molecule has 0 aliphatic carbocycles. The second kappa shape index (κ2) is 5.45. The van der Waals surface area contributed by atoms with E-state index in [1.165, 1.54) is 0 Å². The lowest BCUT2D eigenvalue weighted by Crippen LogP contribution is -2.38. The second-order valence-electron chi connectivity index (χ2n) is 3.18. The van der Waals surface area contributed by atoms with Crippen LogP contribution in [0.5, 0.6) is 0 Å². The van der Waals surface area contributed by atoms with Gasteiger partial charge in [-0.05, 0) is 17.7 Å². The molecule has 1 rings (SSSR count). The minimum atomic E-state index is -0.890. The molecule has 5 nitrogen and oxygen atoms in total. The second-order valence-corrected chi connectivity index (χ2v) is 3.18. The topological polar surface area (TPSA) is 101 Å². The van der Waals surface area contributed by atoms with Crippen molar-refractivity contribution >= 4 is 11.6 Å². The van der Waals surface area contributed by atoms with Crippen LogP contribution in [0.15, 0.2) is 24.3 Å². The third-order valence-corrected chi connectivity index (χ3v) is 1.99. The molecule has 0 heterocycles. The molecular formula is C10H15N3O2. The van der Waals surface area contributed by atoms with E-state index in [1.807, 2.05) is 12.1 Å². The van der Waals surface area contributed by atoms with Crippen LogP contribution in [0, 0.1) is 0 Å². The van der Waals surface area contributed by atoms with Gasteiger partial charge in [-0.1, -0.05) is 12.1 Å². The molecule has 0 aliphatic heterocycles. The Morgan fingerprint density at radius 1 is 1.40 bits per heavy atom. The van der Waals surface area contributed by atoms with Gasteiger partial charge in [0.15, 0.2) is 0 Å². The fourth-order valence-corrected chi connectivity index (χ4v) is 1.04. The first-order chi connectivity index (χ1) is 7.17. The first-order valence-corrected chi connectivity index (χ1v) is 4.63. The summed E-state index contributed by atoms with van der Waals surface area (Å²) in [6, 6.07) is 6.23. The number of hydrogen-bond donors (Lipinski definition) is 4. The fraction of sp³-hybridized carbons (Fsp3) is 0.300. The summed E-state index contributed by atoms with van der Waals surface area (Å²) in [5, 5.41) is 11.2. The van der Waals surface area contributed by atoms with Gasteiger partial charge in [0.25, 0.3) is 0 Å². The molecule has 0 aromatic heterocycles. The molecule has 0 saturated heterocycles. The summed E-state index contributed by atoms with van der Waals surface area (Å²) in [5.74, 6) is -0.405. The van der Waals surface area contributed by atoms with Crippen LogP contribution in [0.25, 0.3) is 0 Å². The molecule has 1 aromatic rings. The van der Waals surface area contributed by atoms with Crippen molar-refractivity contribution in [3.63, 3.8) is 0 Å². The maximum atomic E-state index is 11.3. The van der Waals surface area contributed by atoms with Crippen LogP contribution in [0.3, 0.4) is 0 Å². The zero-order valence-corrected chi connectivity index (χ0v) is 8.31. The summed E-state index contributed by atoms with van der Waals surface area (Å²) >= 11 is 0. The van der Waals surface area contributed by atoms with Crippen LogP contribution in [0.2, 0.25) is 0 Å². The zero-order valence-electron chi connectivity index (χ0n) is 8.31. The van der Waals surface area contributed by atoms with Gasteiger partial charge >= 0.3 is 0 Å². The number of anilines is 1. The summed E-state index contributed by atoms with van der Waals surface area (Å²) in [6.07, 6.45) is 0. The van der Waals surface area contributed by atoms with Crippen molar-refractivity contribution in [2.24, 2.45) is 11.5 Å². The first-order valence-electron chi connectivity index (χ1n) is 4.63. The molecule has 0 saturated carbocycles. The van der Waals surface area contributed by atoms with Gasteiger partial charge in [0, 0.05) is 12.2 Å². The number of aliphatic hydroxyl groups excluding tert-OH is 1. The highest BCUT2D eigenvalue weighted by Crippen LogP contribution is 2.09. The van der Waals surface area contributed by atoms with Crippen molar-refractivity contribution < 1.29 is 9.90 Å². The van der Waals surface area contributed by atoms with E-state index in [9.17, 15) is 4.79 Å². The highest BCUT2D eigenvalue weighted by Gasteiger charge is 2.11. The monoisotopic (exact) mass is 209 g/mol. The Morgan fingerprint density at radius 3 is 2.47 bits per heavy atom. The van der Waals surface area contributed by atoms with E-state index in [2.05, 4.69) is 5.32 Å². The van der Waals surface area contributed by atoms with Crippen molar-refractivity contribution in [3.8, 4) is 0 Å². The number of benzene rings is 1. The van der Waals surface area contributed by atoms with E-state index < -0.39 is 11.9 Å². The molecule has 0 spiro atoms. The highest BCUT2D eigenvalue weighted by atomic mass is 16.3. The van der Waals surface area contributed by atoms with Crippen molar-refractivity contribution in [2.75, 3.05) is 11.9 Å². The molecule has 6 N–H and O–H groups in total. The van der Waals surface area contributed by atoms with Crippen molar-refractivity contribution in [1.29, 1.82) is 0 Å². The molecule has 0 fully saturated rings. The molecule has 15 heavy (non-hydrogen) atoms. The number of carbonyl (C=O) groups excluding carboxylic acids is 1. The van der Waals surface area contributed by atoms with Gasteiger partial charge < -0.3 is 21.9 Å². The predicted molar refractivity (Wildman–Crippen MR) is 58.0 cm³/mol. The zero-order chi connectivity index (χ0) is 11.3. The van der Waals surface area contributed by atoms with Gasteiger partial charge in [-0.2, -0.15) is 0 Å². The van der Waals surface area contributed by atoms with Crippen LogP contribution in [0.1, 0.15) is 5.56 Å². The van der Waals surface area contributed by atoms with E-state index in [1.54, 1.807) is 12.1 Å². The van der Waals surface area contributed by atoms with Crippen LogP contribution >= 0.6 is 0 Å². The summed E-state index contributed by atoms with van der Waals surface area (Å²) in [7, 11) is 0. The summed E-state index contributed by atoms with van der Waals surface area (Å²) < 4.78 is 0. The molecule has 5 heteroatoms. The van der Waals surface area contributed by atoms with E-state index >= 15 is 0 Å². The van der Waals surface area contributed by atoms with Crippen molar-refractivity contribution in [1.82, 2.24) is 0 Å². The Hall–Kier alpha value is -1.43. The first kappa shape index (κ1) is 11.6. The molecule has 1 atom stereocenters. The van der Waals surface area contributed by atoms with Crippen LogP contribution in [-0.2, 0) is 11.3 Å². The van der Waals surface area contributed by atoms with Gasteiger partial charge in [0.1, 0.15) is 6.04 Å². The number of nitrogens with two attached hydrogens (primary N) is 2. The minimum absolute atomic E-state index is 0.368. The number of nitrogens with one attached hydrogen (secondary N) is 1. The molecular weight excluding hydrogens is 194 g/mol. The van der Waals surface area contributed by atoms with Crippen molar-refractivity contribution in [2.45, 2.75) is 12.6 Å². The Kier molecular flexibility index (Phi) is 4.23. The Morgan fingerprint density at radius 2 is 2.00 bits per heavy atom. The Bertz CT molecular complexity index is 324. The summed E-state index contributed by atoms with van der Waals surface area (Å²) in [5.41, 5.74) is 12.4. The van der Waals surface area contributed by atoms with Crippen molar-refractivity contribution in [3.05, 3.63) is 29.8 Å². The number of hydrogen-bond acceptors (Lipinski definition) is 4. The largest absolute Gasteiger partial charge is 0.394 e. The molecule has 0 radical (unpaired) electrons. The quantitative estimate of drug-likeness (QED) is 0.532. The van der Waals surface area contributed by atoms with Crippen LogP contribution < -0.4 is 16.8 Å². The predicted octanol–water partition coefficient (Wildman–Crippen LogP) is -0.597. The average Bonchev–Trinajstić information content (AvgIpc) is 2.29. The third-order valence-electron chi connectivity index (χ3n) is 1.99. The number of amides is 1. The van der Waals surface area contributed by atoms with Gasteiger partial charge in [-0.3, -0.25) is 4.79 Å². The number of rotatable bonds is 4. The SMILES string of the molecule is NCc1ccc(NC(=O)C(N)CO)cc1. The van der Waals surface area contributed by atoms with Crippen LogP contribution in [-0.4, -0.2) is 23.7 Å². The molecule has 0 bridgehead atoms. The van der Waals surface area contributed by atoms with Gasteiger partial charge in [0.2, 0.25) is 5.91 Å². The molecule has 82 valence electrons. The third kappa shape index (κ3) is 3.32. The van der Waals surface area contributed by atoms with E-state index in [0.29, 0.717) is 12.2 Å². The smallest absolute Gasteiger partial charge is 0.243 e. The maximum Gasteiger partial charge on any atom is 0.243 e. The highest BCUT2D eigenvalue weighted by molar-refractivity contribution is 5.94.